The molecule has 1 aromatic heterocycles. The molecule has 0 spiro atoms. The van der Waals surface area contributed by atoms with Crippen molar-refractivity contribution in [3.8, 4) is 12.1 Å². The molecule has 0 N–H and O–H groups in total. The Labute approximate surface area is 106 Å². The van der Waals surface area contributed by atoms with E-state index in [2.05, 4.69) is 0 Å². The van der Waals surface area contributed by atoms with Crippen molar-refractivity contribution < 1.29 is 4.57 Å². The number of para-hydroxylation sites is 1. The van der Waals surface area contributed by atoms with Crippen LogP contribution >= 0.6 is 0 Å². The molecular weight excluding hydrogens is 222 g/mol. The second kappa shape index (κ2) is 5.12. The Balaban J connectivity index is 2.49. The lowest BCUT2D eigenvalue weighted by Gasteiger charge is -2.01. The number of nitriles is 2. The summed E-state index contributed by atoms with van der Waals surface area (Å²) in [7, 11) is 0. The van der Waals surface area contributed by atoms with E-state index in [4.69, 9.17) is 10.5 Å². The predicted molar refractivity (Wildman–Crippen MR) is 68.1 cm³/mol. The van der Waals surface area contributed by atoms with Gasteiger partial charge >= 0.3 is 0 Å². The van der Waals surface area contributed by atoms with Crippen molar-refractivity contribution in [1.82, 2.24) is 0 Å². The normalized spacial score (nSPS) is 9.50. The summed E-state index contributed by atoms with van der Waals surface area (Å²) < 4.78 is 2.04. The third kappa shape index (κ3) is 2.21. The number of fused-ring (bicyclic) bond motifs is 1. The van der Waals surface area contributed by atoms with E-state index in [9.17, 15) is 0 Å². The highest BCUT2D eigenvalue weighted by atomic mass is 14.9. The van der Waals surface area contributed by atoms with E-state index in [-0.39, 0.29) is 5.57 Å². The Bertz CT molecular complexity index is 678. The van der Waals surface area contributed by atoms with E-state index in [1.54, 1.807) is 0 Å². The summed E-state index contributed by atoms with van der Waals surface area (Å²) in [5, 5.41) is 18.8. The first kappa shape index (κ1) is 11.8. The van der Waals surface area contributed by atoms with Gasteiger partial charge in [0.25, 0.3) is 0 Å². The molecule has 0 atom stereocenters. The molecule has 0 unspecified atom stereocenters. The molecule has 0 amide bonds. The standard InChI is InChI=1S/C15H12N3/c1-12(14(9-16)10-17)11-18-8-4-6-13-5-2-3-7-15(13)18/h2-8H,11H2,1H3/q+1. The van der Waals surface area contributed by atoms with Crippen molar-refractivity contribution in [3.05, 3.63) is 53.7 Å². The highest BCUT2D eigenvalue weighted by Gasteiger charge is 2.10. The van der Waals surface area contributed by atoms with Gasteiger partial charge in [0.2, 0.25) is 5.52 Å². The first-order chi connectivity index (χ1) is 8.76. The van der Waals surface area contributed by atoms with E-state index in [1.165, 1.54) is 0 Å². The summed E-state index contributed by atoms with van der Waals surface area (Å²) in [5.41, 5.74) is 2.06. The quantitative estimate of drug-likeness (QED) is 0.592. The maximum atomic E-state index is 8.85. The van der Waals surface area contributed by atoms with Crippen LogP contribution in [-0.2, 0) is 6.54 Å². The Morgan fingerprint density at radius 2 is 1.78 bits per heavy atom. The van der Waals surface area contributed by atoms with Gasteiger partial charge in [-0.15, -0.1) is 0 Å². The zero-order chi connectivity index (χ0) is 13.0. The monoisotopic (exact) mass is 234 g/mol. The van der Waals surface area contributed by atoms with E-state index < -0.39 is 0 Å². The number of pyridine rings is 1. The summed E-state index contributed by atoms with van der Waals surface area (Å²) in [6.07, 6.45) is 1.96. The molecular formula is C15H12N3+. The van der Waals surface area contributed by atoms with Gasteiger partial charge in [0.1, 0.15) is 17.7 Å². The maximum absolute atomic E-state index is 8.85. The summed E-state index contributed by atoms with van der Waals surface area (Å²) >= 11 is 0. The lowest BCUT2D eigenvalue weighted by molar-refractivity contribution is -0.663. The number of benzene rings is 1. The lowest BCUT2D eigenvalue weighted by atomic mass is 10.1. The lowest BCUT2D eigenvalue weighted by Crippen LogP contribution is -2.34. The van der Waals surface area contributed by atoms with Gasteiger partial charge in [-0.05, 0) is 19.1 Å². The highest BCUT2D eigenvalue weighted by molar-refractivity contribution is 5.74. The summed E-state index contributed by atoms with van der Waals surface area (Å²) in [6, 6.07) is 15.9. The molecule has 3 nitrogen and oxygen atoms in total. The fourth-order valence-corrected chi connectivity index (χ4v) is 1.91. The molecule has 0 radical (unpaired) electrons. The second-order valence-corrected chi connectivity index (χ2v) is 4.07. The molecule has 3 heteroatoms. The molecule has 86 valence electrons. The first-order valence-electron chi connectivity index (χ1n) is 5.63. The summed E-state index contributed by atoms with van der Waals surface area (Å²) in [4.78, 5) is 0. The topological polar surface area (TPSA) is 51.5 Å². The van der Waals surface area contributed by atoms with Crippen LogP contribution < -0.4 is 4.57 Å². The van der Waals surface area contributed by atoms with Gasteiger partial charge in [-0.25, -0.2) is 0 Å². The van der Waals surface area contributed by atoms with Crippen molar-refractivity contribution >= 4 is 10.9 Å². The zero-order valence-electron chi connectivity index (χ0n) is 10.1. The Kier molecular flexibility index (Phi) is 3.36. The van der Waals surface area contributed by atoms with Crippen LogP contribution in [0.1, 0.15) is 6.92 Å². The first-order valence-corrected chi connectivity index (χ1v) is 5.63. The van der Waals surface area contributed by atoms with Crippen LogP contribution in [-0.4, -0.2) is 0 Å². The second-order valence-electron chi connectivity index (χ2n) is 4.07. The SMILES string of the molecule is CC(C[n+]1cccc2ccccc21)=C(C#N)C#N. The molecule has 0 bridgehead atoms. The highest BCUT2D eigenvalue weighted by Crippen LogP contribution is 2.09. The number of nitrogens with zero attached hydrogens (tertiary/aromatic N) is 3. The Hall–Kier alpha value is -2.65. The minimum absolute atomic E-state index is 0.190. The molecule has 2 rings (SSSR count). The van der Waals surface area contributed by atoms with E-state index >= 15 is 0 Å². The molecule has 0 saturated carbocycles. The minimum atomic E-state index is 0.190. The van der Waals surface area contributed by atoms with Gasteiger partial charge in [0.05, 0.1) is 0 Å². The zero-order valence-corrected chi connectivity index (χ0v) is 10.1. The van der Waals surface area contributed by atoms with E-state index in [1.807, 2.05) is 66.2 Å². The van der Waals surface area contributed by atoms with Crippen LogP contribution in [0, 0.1) is 22.7 Å². The largest absolute Gasteiger partial charge is 0.212 e. The van der Waals surface area contributed by atoms with Crippen LogP contribution in [0.2, 0.25) is 0 Å². The van der Waals surface area contributed by atoms with Crippen molar-refractivity contribution in [1.29, 1.82) is 10.5 Å². The molecule has 0 aliphatic heterocycles. The number of aromatic nitrogens is 1. The molecule has 0 aliphatic carbocycles. The molecule has 0 aliphatic rings. The van der Waals surface area contributed by atoms with Gasteiger partial charge < -0.3 is 0 Å². The minimum Gasteiger partial charge on any atom is -0.194 e. The number of rotatable bonds is 2. The molecule has 1 heterocycles. The van der Waals surface area contributed by atoms with Gasteiger partial charge in [0.15, 0.2) is 12.7 Å². The fraction of sp³-hybridized carbons (Fsp3) is 0.133. The van der Waals surface area contributed by atoms with Crippen molar-refractivity contribution in [3.63, 3.8) is 0 Å². The Morgan fingerprint density at radius 1 is 1.11 bits per heavy atom. The van der Waals surface area contributed by atoms with Crippen molar-refractivity contribution in [2.45, 2.75) is 13.5 Å². The number of hydrogen-bond donors (Lipinski definition) is 0. The summed E-state index contributed by atoms with van der Waals surface area (Å²) in [5.74, 6) is 0. The van der Waals surface area contributed by atoms with Crippen LogP contribution in [0.15, 0.2) is 53.7 Å². The molecule has 0 fully saturated rings. The number of hydrogen-bond acceptors (Lipinski definition) is 2. The fourth-order valence-electron chi connectivity index (χ4n) is 1.91. The van der Waals surface area contributed by atoms with Crippen LogP contribution in [0.3, 0.4) is 0 Å². The molecule has 0 saturated heterocycles. The molecule has 2 aromatic rings. The van der Waals surface area contributed by atoms with Gasteiger partial charge in [-0.1, -0.05) is 12.1 Å². The third-order valence-electron chi connectivity index (χ3n) is 2.85. The predicted octanol–water partition coefficient (Wildman–Crippen LogP) is 2.49. The van der Waals surface area contributed by atoms with Gasteiger partial charge in [-0.2, -0.15) is 15.1 Å². The molecule has 1 aromatic carbocycles. The van der Waals surface area contributed by atoms with Crippen molar-refractivity contribution in [2.75, 3.05) is 0 Å². The smallest absolute Gasteiger partial charge is 0.194 e. The number of allylic oxidation sites excluding steroid dienone is 2. The average molecular weight is 234 g/mol. The van der Waals surface area contributed by atoms with E-state index in [0.29, 0.717) is 6.54 Å². The van der Waals surface area contributed by atoms with Crippen molar-refractivity contribution in [2.24, 2.45) is 0 Å². The maximum Gasteiger partial charge on any atom is 0.212 e. The van der Waals surface area contributed by atoms with Crippen LogP contribution in [0.5, 0.6) is 0 Å². The van der Waals surface area contributed by atoms with Crippen LogP contribution in [0.4, 0.5) is 0 Å². The van der Waals surface area contributed by atoms with Crippen LogP contribution in [0.25, 0.3) is 10.9 Å². The summed E-state index contributed by atoms with van der Waals surface area (Å²) in [6.45, 7) is 2.37. The molecule has 18 heavy (non-hydrogen) atoms. The van der Waals surface area contributed by atoms with Gasteiger partial charge in [0, 0.05) is 23.1 Å². The van der Waals surface area contributed by atoms with E-state index in [0.717, 1.165) is 16.5 Å². The third-order valence-corrected chi connectivity index (χ3v) is 2.85. The average Bonchev–Trinajstić information content (AvgIpc) is 2.40. The Morgan fingerprint density at radius 3 is 2.50 bits per heavy atom. The van der Waals surface area contributed by atoms with Gasteiger partial charge in [-0.3, -0.25) is 0 Å².